The van der Waals surface area contributed by atoms with E-state index in [-0.39, 0.29) is 28.1 Å². The van der Waals surface area contributed by atoms with Crippen LogP contribution in [0.1, 0.15) is 31.1 Å². The van der Waals surface area contributed by atoms with Gasteiger partial charge in [-0.2, -0.15) is 0 Å². The number of H-pyrrole nitrogens is 1. The van der Waals surface area contributed by atoms with Crippen LogP contribution < -0.4 is 10.6 Å². The normalized spacial score (nSPS) is 10.8. The van der Waals surface area contributed by atoms with E-state index >= 15 is 0 Å². The molecular weight excluding hydrogens is 546 g/mol. The second-order valence-corrected chi connectivity index (χ2v) is 9.21. The van der Waals surface area contributed by atoms with Crippen LogP contribution >= 0.6 is 23.2 Å². The minimum absolute atomic E-state index is 0.00920. The number of carboxylic acids is 1. The first-order chi connectivity index (χ1) is 18.7. The van der Waals surface area contributed by atoms with Crippen LogP contribution in [0.5, 0.6) is 0 Å². The standard InChI is InChI=1S/C28H17Cl2FN4O4/c29-18-12-23-24(13-19(18)30)33-25(32-23)14-5-7-15(8-6-14)26(36)34-21-10-9-16(11-17(21)28(38)39)27(37)35-22-4-2-1-3-20(22)31/h1-13H,(H,32,33)(H,34,36)(H,35,37)(H,38,39). The van der Waals surface area contributed by atoms with E-state index in [9.17, 15) is 23.9 Å². The molecule has 194 valence electrons. The predicted molar refractivity (Wildman–Crippen MR) is 147 cm³/mol. The molecule has 8 nitrogen and oxygen atoms in total. The average Bonchev–Trinajstić information content (AvgIpc) is 3.33. The van der Waals surface area contributed by atoms with Gasteiger partial charge in [-0.25, -0.2) is 14.2 Å². The van der Waals surface area contributed by atoms with Gasteiger partial charge in [0, 0.05) is 16.7 Å². The van der Waals surface area contributed by atoms with Gasteiger partial charge in [0.25, 0.3) is 11.8 Å². The van der Waals surface area contributed by atoms with Crippen LogP contribution in [0.15, 0.2) is 78.9 Å². The highest BCUT2D eigenvalue weighted by Crippen LogP contribution is 2.29. The quantitative estimate of drug-likeness (QED) is 0.179. The molecule has 0 saturated carbocycles. The van der Waals surface area contributed by atoms with Crippen LogP contribution in [0.4, 0.5) is 15.8 Å². The zero-order valence-electron chi connectivity index (χ0n) is 19.8. The number of aromatic carboxylic acids is 1. The minimum atomic E-state index is -1.36. The van der Waals surface area contributed by atoms with Crippen molar-refractivity contribution >= 4 is 63.4 Å². The fraction of sp³-hybridized carbons (Fsp3) is 0. The van der Waals surface area contributed by atoms with E-state index in [1.54, 1.807) is 42.5 Å². The largest absolute Gasteiger partial charge is 0.478 e. The van der Waals surface area contributed by atoms with E-state index in [4.69, 9.17) is 23.2 Å². The summed E-state index contributed by atoms with van der Waals surface area (Å²) in [6.07, 6.45) is 0. The van der Waals surface area contributed by atoms with Gasteiger partial charge in [-0.05, 0) is 54.6 Å². The first-order valence-electron chi connectivity index (χ1n) is 11.4. The molecule has 0 bridgehead atoms. The fourth-order valence-corrected chi connectivity index (χ4v) is 4.17. The summed E-state index contributed by atoms with van der Waals surface area (Å²) in [4.78, 5) is 44.9. The molecule has 4 N–H and O–H groups in total. The van der Waals surface area contributed by atoms with E-state index in [1.165, 1.54) is 30.3 Å². The SMILES string of the molecule is O=C(Nc1ccccc1F)c1ccc(NC(=O)c2ccc(-c3nc4cc(Cl)c(Cl)cc4[nH]3)cc2)c(C(=O)O)c1. The number of carbonyl (C=O) groups is 3. The number of aromatic nitrogens is 2. The molecule has 0 unspecified atom stereocenters. The third-order valence-corrected chi connectivity index (χ3v) is 6.55. The van der Waals surface area contributed by atoms with Crippen molar-refractivity contribution in [2.45, 2.75) is 0 Å². The monoisotopic (exact) mass is 562 g/mol. The Kier molecular flexibility index (Phi) is 7.02. The van der Waals surface area contributed by atoms with E-state index in [0.717, 1.165) is 6.07 Å². The number of carboxylic acid groups (broad SMARTS) is 1. The third-order valence-electron chi connectivity index (χ3n) is 5.83. The molecule has 1 aromatic heterocycles. The summed E-state index contributed by atoms with van der Waals surface area (Å²) in [5.74, 6) is -2.70. The molecule has 1 heterocycles. The summed E-state index contributed by atoms with van der Waals surface area (Å²) in [5, 5.41) is 15.4. The molecule has 2 amide bonds. The van der Waals surface area contributed by atoms with Gasteiger partial charge in [0.1, 0.15) is 11.6 Å². The Morgan fingerprint density at radius 1 is 0.795 bits per heavy atom. The van der Waals surface area contributed by atoms with Crippen LogP contribution in [0.25, 0.3) is 22.4 Å². The number of fused-ring (bicyclic) bond motifs is 1. The lowest BCUT2D eigenvalue weighted by molar-refractivity contribution is 0.0698. The van der Waals surface area contributed by atoms with Gasteiger partial charge in [-0.1, -0.05) is 47.5 Å². The van der Waals surface area contributed by atoms with Gasteiger partial charge in [0.15, 0.2) is 0 Å². The lowest BCUT2D eigenvalue weighted by Crippen LogP contribution is -2.17. The number of para-hydroxylation sites is 1. The molecule has 5 aromatic rings. The lowest BCUT2D eigenvalue weighted by atomic mass is 10.1. The molecule has 0 radical (unpaired) electrons. The van der Waals surface area contributed by atoms with Crippen molar-refractivity contribution in [2.24, 2.45) is 0 Å². The number of anilines is 2. The molecule has 0 aliphatic rings. The summed E-state index contributed by atoms with van der Waals surface area (Å²) in [6, 6.07) is 19.2. The Morgan fingerprint density at radius 2 is 1.44 bits per heavy atom. The van der Waals surface area contributed by atoms with Gasteiger partial charge < -0.3 is 20.7 Å². The number of hydrogen-bond acceptors (Lipinski definition) is 4. The summed E-state index contributed by atoms with van der Waals surface area (Å²) >= 11 is 12.1. The summed E-state index contributed by atoms with van der Waals surface area (Å²) < 4.78 is 13.9. The van der Waals surface area contributed by atoms with Crippen molar-refractivity contribution in [1.29, 1.82) is 0 Å². The maximum Gasteiger partial charge on any atom is 0.337 e. The van der Waals surface area contributed by atoms with Crippen LogP contribution in [0, 0.1) is 5.82 Å². The molecule has 11 heteroatoms. The zero-order valence-corrected chi connectivity index (χ0v) is 21.3. The van der Waals surface area contributed by atoms with Gasteiger partial charge >= 0.3 is 5.97 Å². The van der Waals surface area contributed by atoms with Crippen LogP contribution in [-0.4, -0.2) is 32.9 Å². The van der Waals surface area contributed by atoms with Crippen LogP contribution in [0.3, 0.4) is 0 Å². The Bertz CT molecular complexity index is 1730. The number of aromatic amines is 1. The highest BCUT2D eigenvalue weighted by Gasteiger charge is 2.18. The number of amides is 2. The number of nitrogens with one attached hydrogen (secondary N) is 3. The first kappa shape index (κ1) is 25.9. The van der Waals surface area contributed by atoms with Gasteiger partial charge in [0.2, 0.25) is 0 Å². The van der Waals surface area contributed by atoms with Crippen molar-refractivity contribution in [3.63, 3.8) is 0 Å². The van der Waals surface area contributed by atoms with Crippen molar-refractivity contribution in [3.8, 4) is 11.4 Å². The van der Waals surface area contributed by atoms with E-state index in [2.05, 4.69) is 20.6 Å². The van der Waals surface area contributed by atoms with Gasteiger partial charge in [-0.15, -0.1) is 0 Å². The highest BCUT2D eigenvalue weighted by atomic mass is 35.5. The average molecular weight is 563 g/mol. The lowest BCUT2D eigenvalue weighted by Gasteiger charge is -2.11. The number of hydrogen-bond donors (Lipinski definition) is 4. The molecule has 0 aliphatic heterocycles. The van der Waals surface area contributed by atoms with Crippen LogP contribution in [0.2, 0.25) is 10.0 Å². The van der Waals surface area contributed by atoms with Gasteiger partial charge in [-0.3, -0.25) is 9.59 Å². The Balaban J connectivity index is 1.34. The maximum atomic E-state index is 13.9. The molecule has 0 aliphatic carbocycles. The minimum Gasteiger partial charge on any atom is -0.478 e. The molecule has 0 fully saturated rings. The Morgan fingerprint density at radius 3 is 2.15 bits per heavy atom. The number of rotatable bonds is 6. The third kappa shape index (κ3) is 5.45. The van der Waals surface area contributed by atoms with E-state index < -0.39 is 23.6 Å². The molecule has 5 rings (SSSR count). The van der Waals surface area contributed by atoms with Crippen molar-refractivity contribution in [1.82, 2.24) is 9.97 Å². The topological polar surface area (TPSA) is 124 Å². The number of carbonyl (C=O) groups excluding carboxylic acids is 2. The molecular formula is C28H17Cl2FN4O4. The first-order valence-corrected chi connectivity index (χ1v) is 12.1. The van der Waals surface area contributed by atoms with E-state index in [1.807, 2.05) is 0 Å². The van der Waals surface area contributed by atoms with Crippen LogP contribution in [-0.2, 0) is 0 Å². The van der Waals surface area contributed by atoms with Gasteiger partial charge in [0.05, 0.1) is 38.0 Å². The second-order valence-electron chi connectivity index (χ2n) is 8.40. The van der Waals surface area contributed by atoms with Crippen molar-refractivity contribution in [2.75, 3.05) is 10.6 Å². The number of benzene rings is 4. The highest BCUT2D eigenvalue weighted by molar-refractivity contribution is 6.42. The molecule has 0 spiro atoms. The summed E-state index contributed by atoms with van der Waals surface area (Å²) in [6.45, 7) is 0. The zero-order chi connectivity index (χ0) is 27.7. The smallest absolute Gasteiger partial charge is 0.337 e. The van der Waals surface area contributed by atoms with Crippen molar-refractivity contribution in [3.05, 3.63) is 111 Å². The number of nitrogens with zero attached hydrogens (tertiary/aromatic N) is 1. The molecule has 39 heavy (non-hydrogen) atoms. The summed E-state index contributed by atoms with van der Waals surface area (Å²) in [7, 11) is 0. The number of halogens is 3. The molecule has 0 atom stereocenters. The molecule has 4 aromatic carbocycles. The fourth-order valence-electron chi connectivity index (χ4n) is 3.84. The molecule has 0 saturated heterocycles. The van der Waals surface area contributed by atoms with Crippen molar-refractivity contribution < 1.29 is 23.9 Å². The maximum absolute atomic E-state index is 13.9. The van der Waals surface area contributed by atoms with E-state index in [0.29, 0.717) is 32.5 Å². The second kappa shape index (κ2) is 10.6. The Labute approximate surface area is 230 Å². The summed E-state index contributed by atoms with van der Waals surface area (Å²) in [5.41, 5.74) is 1.92. The number of imidazole rings is 1. The Hall–Kier alpha value is -4.73. The predicted octanol–water partition coefficient (Wildman–Crippen LogP) is 6.88.